The van der Waals surface area contributed by atoms with Crippen LogP contribution >= 0.6 is 0 Å². The summed E-state index contributed by atoms with van der Waals surface area (Å²) in [5.41, 5.74) is 7.58. The molecule has 1 fully saturated rings. The van der Waals surface area contributed by atoms with E-state index in [-0.39, 0.29) is 11.8 Å². The standard InChI is InChI=1S/C13H18N2O2/c1-10(16)11-2-4-12(5-3-11)15-6-7-17-9-13(15)8-14/h2-5,13H,6-9,14H2,1H3. The number of benzene rings is 1. The number of morpholine rings is 1. The Bertz CT molecular complexity index is 389. The highest BCUT2D eigenvalue weighted by molar-refractivity contribution is 5.94. The molecule has 1 unspecified atom stereocenters. The van der Waals surface area contributed by atoms with Gasteiger partial charge in [0.1, 0.15) is 0 Å². The topological polar surface area (TPSA) is 55.6 Å². The van der Waals surface area contributed by atoms with Crippen molar-refractivity contribution in [2.45, 2.75) is 13.0 Å². The first-order valence-corrected chi connectivity index (χ1v) is 5.88. The number of carbonyl (C=O) groups excluding carboxylic acids is 1. The Hall–Kier alpha value is -1.39. The van der Waals surface area contributed by atoms with E-state index >= 15 is 0 Å². The van der Waals surface area contributed by atoms with Crippen LogP contribution in [-0.4, -0.2) is 38.1 Å². The summed E-state index contributed by atoms with van der Waals surface area (Å²) in [4.78, 5) is 13.4. The number of rotatable bonds is 3. The highest BCUT2D eigenvalue weighted by Crippen LogP contribution is 2.20. The van der Waals surface area contributed by atoms with Crippen molar-refractivity contribution in [3.05, 3.63) is 29.8 Å². The van der Waals surface area contributed by atoms with Crippen molar-refractivity contribution in [3.63, 3.8) is 0 Å². The normalized spacial score (nSPS) is 20.4. The molecule has 1 saturated heterocycles. The van der Waals surface area contributed by atoms with E-state index in [1.165, 1.54) is 0 Å². The molecular weight excluding hydrogens is 216 g/mol. The van der Waals surface area contributed by atoms with Crippen molar-refractivity contribution in [2.75, 3.05) is 31.2 Å². The van der Waals surface area contributed by atoms with Crippen LogP contribution in [0.1, 0.15) is 17.3 Å². The Kier molecular flexibility index (Phi) is 3.76. The van der Waals surface area contributed by atoms with Gasteiger partial charge in [0.2, 0.25) is 0 Å². The molecule has 1 atom stereocenters. The van der Waals surface area contributed by atoms with Crippen LogP contribution in [0.25, 0.3) is 0 Å². The first-order valence-electron chi connectivity index (χ1n) is 5.88. The number of nitrogens with zero attached hydrogens (tertiary/aromatic N) is 1. The number of anilines is 1. The molecule has 4 heteroatoms. The van der Waals surface area contributed by atoms with Crippen LogP contribution in [0.5, 0.6) is 0 Å². The zero-order chi connectivity index (χ0) is 12.3. The summed E-state index contributed by atoms with van der Waals surface area (Å²) in [6.45, 7) is 4.40. The molecule has 0 saturated carbocycles. The number of ketones is 1. The summed E-state index contributed by atoms with van der Waals surface area (Å²) in [6.07, 6.45) is 0. The molecule has 1 aromatic rings. The van der Waals surface area contributed by atoms with Crippen LogP contribution in [0, 0.1) is 0 Å². The molecule has 0 aromatic heterocycles. The van der Waals surface area contributed by atoms with E-state index in [0.717, 1.165) is 24.4 Å². The van der Waals surface area contributed by atoms with E-state index in [2.05, 4.69) is 4.90 Å². The molecule has 2 N–H and O–H groups in total. The number of carbonyl (C=O) groups is 1. The smallest absolute Gasteiger partial charge is 0.159 e. The lowest BCUT2D eigenvalue weighted by molar-refractivity contribution is 0.0962. The Balaban J connectivity index is 2.17. The first-order chi connectivity index (χ1) is 8.22. The van der Waals surface area contributed by atoms with Crippen LogP contribution in [0.15, 0.2) is 24.3 Å². The molecule has 0 bridgehead atoms. The van der Waals surface area contributed by atoms with Gasteiger partial charge in [-0.15, -0.1) is 0 Å². The maximum Gasteiger partial charge on any atom is 0.159 e. The molecule has 17 heavy (non-hydrogen) atoms. The van der Waals surface area contributed by atoms with Gasteiger partial charge in [-0.3, -0.25) is 4.79 Å². The summed E-state index contributed by atoms with van der Waals surface area (Å²) < 4.78 is 5.41. The van der Waals surface area contributed by atoms with Gasteiger partial charge in [-0.1, -0.05) is 0 Å². The molecular formula is C13H18N2O2. The third kappa shape index (κ3) is 2.65. The Morgan fingerprint density at radius 1 is 1.47 bits per heavy atom. The summed E-state index contributed by atoms with van der Waals surface area (Å²) in [5, 5.41) is 0. The van der Waals surface area contributed by atoms with Gasteiger partial charge in [0.05, 0.1) is 19.3 Å². The van der Waals surface area contributed by atoms with Gasteiger partial charge in [0, 0.05) is 24.3 Å². The molecule has 0 radical (unpaired) electrons. The maximum absolute atomic E-state index is 11.2. The lowest BCUT2D eigenvalue weighted by atomic mass is 10.1. The monoisotopic (exact) mass is 234 g/mol. The van der Waals surface area contributed by atoms with Crippen LogP contribution in [-0.2, 0) is 4.74 Å². The van der Waals surface area contributed by atoms with E-state index in [9.17, 15) is 4.79 Å². The molecule has 92 valence electrons. The lowest BCUT2D eigenvalue weighted by Gasteiger charge is -2.36. The predicted octanol–water partition coefficient (Wildman–Crippen LogP) is 1.05. The lowest BCUT2D eigenvalue weighted by Crippen LogP contribution is -2.49. The van der Waals surface area contributed by atoms with E-state index in [1.807, 2.05) is 24.3 Å². The Morgan fingerprint density at radius 2 is 2.18 bits per heavy atom. The average Bonchev–Trinajstić information content (AvgIpc) is 2.39. The molecule has 0 amide bonds. The second-order valence-corrected chi connectivity index (χ2v) is 4.26. The Labute approximate surface area is 101 Å². The van der Waals surface area contributed by atoms with Crippen molar-refractivity contribution in [1.82, 2.24) is 0 Å². The fraction of sp³-hybridized carbons (Fsp3) is 0.462. The summed E-state index contributed by atoms with van der Waals surface area (Å²) >= 11 is 0. The number of ether oxygens (including phenoxy) is 1. The minimum Gasteiger partial charge on any atom is -0.377 e. The predicted molar refractivity (Wildman–Crippen MR) is 67.5 cm³/mol. The molecule has 1 aromatic carbocycles. The maximum atomic E-state index is 11.2. The fourth-order valence-electron chi connectivity index (χ4n) is 2.08. The third-order valence-electron chi connectivity index (χ3n) is 3.11. The molecule has 1 aliphatic rings. The molecule has 0 spiro atoms. The number of hydrogen-bond donors (Lipinski definition) is 1. The van der Waals surface area contributed by atoms with Crippen molar-refractivity contribution in [2.24, 2.45) is 5.73 Å². The second-order valence-electron chi connectivity index (χ2n) is 4.26. The van der Waals surface area contributed by atoms with Crippen LogP contribution < -0.4 is 10.6 Å². The van der Waals surface area contributed by atoms with Gasteiger partial charge >= 0.3 is 0 Å². The van der Waals surface area contributed by atoms with E-state index in [1.54, 1.807) is 6.92 Å². The zero-order valence-electron chi connectivity index (χ0n) is 10.1. The quantitative estimate of drug-likeness (QED) is 0.794. The van der Waals surface area contributed by atoms with Gasteiger partial charge < -0.3 is 15.4 Å². The highest BCUT2D eigenvalue weighted by atomic mass is 16.5. The second kappa shape index (κ2) is 5.29. The zero-order valence-corrected chi connectivity index (χ0v) is 10.1. The van der Waals surface area contributed by atoms with Gasteiger partial charge in [-0.25, -0.2) is 0 Å². The Morgan fingerprint density at radius 3 is 2.76 bits per heavy atom. The molecule has 1 aliphatic heterocycles. The van der Waals surface area contributed by atoms with Crippen LogP contribution in [0.4, 0.5) is 5.69 Å². The van der Waals surface area contributed by atoms with Crippen molar-refractivity contribution < 1.29 is 9.53 Å². The molecule has 2 rings (SSSR count). The molecule has 1 heterocycles. The SMILES string of the molecule is CC(=O)c1ccc(N2CCOCC2CN)cc1. The van der Waals surface area contributed by atoms with E-state index in [0.29, 0.717) is 13.2 Å². The first kappa shape index (κ1) is 12.1. The molecule has 0 aliphatic carbocycles. The number of nitrogens with two attached hydrogens (primary N) is 1. The highest BCUT2D eigenvalue weighted by Gasteiger charge is 2.21. The van der Waals surface area contributed by atoms with Crippen molar-refractivity contribution in [3.8, 4) is 0 Å². The van der Waals surface area contributed by atoms with Crippen molar-refractivity contribution in [1.29, 1.82) is 0 Å². The van der Waals surface area contributed by atoms with E-state index < -0.39 is 0 Å². The third-order valence-corrected chi connectivity index (χ3v) is 3.11. The largest absolute Gasteiger partial charge is 0.377 e. The van der Waals surface area contributed by atoms with Gasteiger partial charge in [0.15, 0.2) is 5.78 Å². The van der Waals surface area contributed by atoms with Crippen LogP contribution in [0.2, 0.25) is 0 Å². The van der Waals surface area contributed by atoms with E-state index in [4.69, 9.17) is 10.5 Å². The minimum atomic E-state index is 0.0916. The number of Topliss-reactive ketones (excluding diaryl/α,β-unsaturated/α-hetero) is 1. The van der Waals surface area contributed by atoms with Crippen molar-refractivity contribution >= 4 is 11.5 Å². The number of hydrogen-bond acceptors (Lipinski definition) is 4. The summed E-state index contributed by atoms with van der Waals surface area (Å²) in [5.74, 6) is 0.0916. The fourth-order valence-corrected chi connectivity index (χ4v) is 2.08. The van der Waals surface area contributed by atoms with Gasteiger partial charge in [0.25, 0.3) is 0 Å². The van der Waals surface area contributed by atoms with Crippen LogP contribution in [0.3, 0.4) is 0 Å². The minimum absolute atomic E-state index is 0.0916. The molecule has 4 nitrogen and oxygen atoms in total. The average molecular weight is 234 g/mol. The van der Waals surface area contributed by atoms with Gasteiger partial charge in [-0.2, -0.15) is 0 Å². The summed E-state index contributed by atoms with van der Waals surface area (Å²) in [7, 11) is 0. The summed E-state index contributed by atoms with van der Waals surface area (Å²) in [6, 6.07) is 7.91. The van der Waals surface area contributed by atoms with Gasteiger partial charge in [-0.05, 0) is 31.2 Å².